The van der Waals surface area contributed by atoms with E-state index in [9.17, 15) is 13.7 Å². The van der Waals surface area contributed by atoms with Gasteiger partial charge in [0, 0.05) is 35.3 Å². The first-order chi connectivity index (χ1) is 16.5. The third kappa shape index (κ3) is 4.53. The Bertz CT molecular complexity index is 1470. The predicted octanol–water partition coefficient (Wildman–Crippen LogP) is 5.37. The Morgan fingerprint density at radius 2 is 2.00 bits per heavy atom. The molecule has 0 spiro atoms. The maximum atomic E-state index is 12.6. The number of benzene rings is 2. The van der Waals surface area contributed by atoms with Gasteiger partial charge in [-0.1, -0.05) is 0 Å². The number of anilines is 1. The van der Waals surface area contributed by atoms with Gasteiger partial charge < -0.3 is 4.74 Å². The van der Waals surface area contributed by atoms with E-state index in [-0.39, 0.29) is 21.3 Å². The van der Waals surface area contributed by atoms with Crippen LogP contribution >= 0.6 is 11.3 Å². The number of nitriles is 1. The van der Waals surface area contributed by atoms with Crippen molar-refractivity contribution in [3.05, 3.63) is 71.4 Å². The number of ether oxygens (including phenoxy) is 1. The molecule has 4 aromatic rings. The van der Waals surface area contributed by atoms with E-state index in [1.165, 1.54) is 54.3 Å². The fraction of sp³-hybridized carbons (Fsp3) is 0.208. The largest absolute Gasteiger partial charge is 0.456 e. The zero-order chi connectivity index (χ0) is 23.7. The Hall–Kier alpha value is -3.68. The van der Waals surface area contributed by atoms with Crippen molar-refractivity contribution in [2.75, 3.05) is 4.72 Å². The van der Waals surface area contributed by atoms with Crippen molar-refractivity contribution in [2.45, 2.75) is 37.1 Å². The summed E-state index contributed by atoms with van der Waals surface area (Å²) in [6.45, 7) is 2.94. The summed E-state index contributed by atoms with van der Waals surface area (Å²) in [7, 11) is -3.87. The summed E-state index contributed by atoms with van der Waals surface area (Å²) in [6, 6.07) is 15.8. The van der Waals surface area contributed by atoms with Crippen molar-refractivity contribution in [1.82, 2.24) is 14.8 Å². The van der Waals surface area contributed by atoms with Gasteiger partial charge in [-0.25, -0.2) is 13.4 Å². The van der Waals surface area contributed by atoms with Crippen LogP contribution in [-0.4, -0.2) is 23.2 Å². The van der Waals surface area contributed by atoms with Gasteiger partial charge in [0.15, 0.2) is 5.13 Å². The van der Waals surface area contributed by atoms with Crippen LogP contribution in [-0.2, 0) is 16.6 Å². The summed E-state index contributed by atoms with van der Waals surface area (Å²) >= 11 is 1.17. The Morgan fingerprint density at radius 3 is 2.65 bits per heavy atom. The van der Waals surface area contributed by atoms with Crippen LogP contribution in [0.25, 0.3) is 11.3 Å². The first-order valence-electron chi connectivity index (χ1n) is 10.8. The molecule has 0 atom stereocenters. The lowest BCUT2D eigenvalue weighted by Crippen LogP contribution is -2.13. The number of nitrogens with one attached hydrogen (secondary N) is 1. The lowest BCUT2D eigenvalue weighted by molar-refractivity contribution is 0.480. The fourth-order valence-electron chi connectivity index (χ4n) is 3.65. The second-order valence-electron chi connectivity index (χ2n) is 7.88. The van der Waals surface area contributed by atoms with Crippen molar-refractivity contribution in [1.29, 1.82) is 5.26 Å². The highest BCUT2D eigenvalue weighted by molar-refractivity contribution is 7.93. The maximum Gasteiger partial charge on any atom is 0.263 e. The second-order valence-corrected chi connectivity index (χ2v) is 10.5. The summed E-state index contributed by atoms with van der Waals surface area (Å²) in [5.41, 5.74) is 3.31. The number of hydrogen-bond donors (Lipinski definition) is 1. The molecule has 10 heteroatoms. The van der Waals surface area contributed by atoms with Crippen molar-refractivity contribution in [3.8, 4) is 28.8 Å². The molecule has 34 heavy (non-hydrogen) atoms. The van der Waals surface area contributed by atoms with Crippen LogP contribution in [0, 0.1) is 11.3 Å². The number of rotatable bonds is 8. The molecule has 1 aliphatic carbocycles. The van der Waals surface area contributed by atoms with E-state index in [4.69, 9.17) is 9.84 Å². The summed E-state index contributed by atoms with van der Waals surface area (Å²) < 4.78 is 35.6. The zero-order valence-corrected chi connectivity index (χ0v) is 19.9. The first kappa shape index (κ1) is 22.1. The predicted molar refractivity (Wildman–Crippen MR) is 129 cm³/mol. The molecule has 0 saturated heterocycles. The molecule has 0 aliphatic heterocycles. The van der Waals surface area contributed by atoms with Crippen LogP contribution in [0.15, 0.2) is 65.0 Å². The average molecular weight is 492 g/mol. The number of thiazole rings is 1. The van der Waals surface area contributed by atoms with Crippen LogP contribution in [0.3, 0.4) is 0 Å². The van der Waals surface area contributed by atoms with E-state index < -0.39 is 10.0 Å². The smallest absolute Gasteiger partial charge is 0.263 e. The third-order valence-corrected chi connectivity index (χ3v) is 7.67. The van der Waals surface area contributed by atoms with Gasteiger partial charge in [0.05, 0.1) is 16.2 Å². The van der Waals surface area contributed by atoms with Crippen molar-refractivity contribution < 1.29 is 13.2 Å². The highest BCUT2D eigenvalue weighted by Gasteiger charge is 2.28. The van der Waals surface area contributed by atoms with E-state index in [0.717, 1.165) is 17.8 Å². The molecule has 1 saturated carbocycles. The summed E-state index contributed by atoms with van der Waals surface area (Å²) in [5, 5.41) is 16.2. The number of aromatic nitrogens is 3. The molecule has 0 bridgehead atoms. The molecule has 172 valence electrons. The number of nitrogens with zero attached hydrogens (tertiary/aromatic N) is 4. The van der Waals surface area contributed by atoms with Gasteiger partial charge in [-0.15, -0.1) is 11.3 Å². The Kier molecular flexibility index (Phi) is 5.81. The highest BCUT2D eigenvalue weighted by atomic mass is 32.2. The fourth-order valence-corrected chi connectivity index (χ4v) is 5.47. The lowest BCUT2D eigenvalue weighted by atomic mass is 10.1. The molecule has 1 aliphatic rings. The van der Waals surface area contributed by atoms with Gasteiger partial charge in [-0.05, 0) is 68.3 Å². The van der Waals surface area contributed by atoms with E-state index in [2.05, 4.69) is 27.4 Å². The normalized spacial score (nSPS) is 13.4. The number of hydrogen-bond acceptors (Lipinski definition) is 7. The van der Waals surface area contributed by atoms with Gasteiger partial charge in [0.2, 0.25) is 0 Å². The minimum absolute atomic E-state index is 0.0417. The average Bonchev–Trinajstić information content (AvgIpc) is 3.39. The van der Waals surface area contributed by atoms with Crippen molar-refractivity contribution in [2.24, 2.45) is 0 Å². The zero-order valence-electron chi connectivity index (χ0n) is 18.3. The standard InChI is InChI=1S/C24H21N5O3S2/c1-2-29-22(17-3-4-17)14-21(27-29)16-5-7-19(8-6-16)32-23-10-9-20(13-18(23)15-25)34(30,31)28-24-26-11-12-33-24/h5-14,17H,2-4H2,1H3,(H,26,28). The molecule has 0 amide bonds. The third-order valence-electron chi connectivity index (χ3n) is 5.52. The molecular weight excluding hydrogens is 470 g/mol. The molecule has 5 rings (SSSR count). The van der Waals surface area contributed by atoms with E-state index in [0.29, 0.717) is 11.7 Å². The molecule has 0 unspecified atom stereocenters. The Morgan fingerprint density at radius 1 is 1.21 bits per heavy atom. The van der Waals surface area contributed by atoms with Gasteiger partial charge in [-0.2, -0.15) is 10.4 Å². The van der Waals surface area contributed by atoms with Crippen LogP contribution in [0.4, 0.5) is 5.13 Å². The molecule has 1 fully saturated rings. The van der Waals surface area contributed by atoms with Crippen LogP contribution in [0.2, 0.25) is 0 Å². The Balaban J connectivity index is 1.35. The molecule has 2 aromatic carbocycles. The monoisotopic (exact) mass is 491 g/mol. The van der Waals surface area contributed by atoms with Crippen LogP contribution in [0.5, 0.6) is 11.5 Å². The van der Waals surface area contributed by atoms with Gasteiger partial charge in [0.25, 0.3) is 10.0 Å². The SMILES string of the molecule is CCn1nc(-c2ccc(Oc3ccc(S(=O)(=O)Nc4nccs4)cc3C#N)cc2)cc1C1CC1. The highest BCUT2D eigenvalue weighted by Crippen LogP contribution is 2.41. The summed E-state index contributed by atoms with van der Waals surface area (Å²) in [4.78, 5) is 3.89. The molecule has 1 N–H and O–H groups in total. The number of aryl methyl sites for hydroxylation is 1. The molecule has 8 nitrogen and oxygen atoms in total. The van der Waals surface area contributed by atoms with Gasteiger partial charge >= 0.3 is 0 Å². The molecule has 2 aromatic heterocycles. The second kappa shape index (κ2) is 8.93. The van der Waals surface area contributed by atoms with Gasteiger partial charge in [-0.3, -0.25) is 9.40 Å². The topological polar surface area (TPSA) is 110 Å². The van der Waals surface area contributed by atoms with Crippen molar-refractivity contribution in [3.63, 3.8) is 0 Å². The minimum Gasteiger partial charge on any atom is -0.456 e. The summed E-state index contributed by atoms with van der Waals surface area (Å²) in [6.07, 6.45) is 3.95. The van der Waals surface area contributed by atoms with Crippen LogP contribution in [0.1, 0.15) is 36.9 Å². The van der Waals surface area contributed by atoms with Gasteiger partial charge in [0.1, 0.15) is 17.6 Å². The van der Waals surface area contributed by atoms with E-state index in [1.54, 1.807) is 5.38 Å². The number of sulfonamides is 1. The minimum atomic E-state index is -3.87. The van der Waals surface area contributed by atoms with E-state index >= 15 is 0 Å². The Labute approximate surface area is 201 Å². The molecule has 0 radical (unpaired) electrons. The maximum absolute atomic E-state index is 12.6. The summed E-state index contributed by atoms with van der Waals surface area (Å²) in [5.74, 6) is 1.43. The van der Waals surface area contributed by atoms with Crippen LogP contribution < -0.4 is 9.46 Å². The quantitative estimate of drug-likeness (QED) is 0.355. The first-order valence-corrected chi connectivity index (χ1v) is 13.2. The molecule has 2 heterocycles. The molecular formula is C24H21N5O3S2. The lowest BCUT2D eigenvalue weighted by Gasteiger charge is -2.10. The van der Waals surface area contributed by atoms with Crippen molar-refractivity contribution >= 4 is 26.5 Å². The van der Waals surface area contributed by atoms with E-state index in [1.807, 2.05) is 30.3 Å².